The van der Waals surface area contributed by atoms with Crippen LogP contribution in [0.5, 0.6) is 0 Å². The molecule has 1 aliphatic rings. The van der Waals surface area contributed by atoms with Crippen LogP contribution in [0.15, 0.2) is 49.2 Å². The molecule has 1 N–H and O–H groups in total. The van der Waals surface area contributed by atoms with Gasteiger partial charge in [-0.25, -0.2) is 4.98 Å². The summed E-state index contributed by atoms with van der Waals surface area (Å²) in [6.07, 6.45) is 6.95. The number of benzene rings is 1. The molecule has 0 saturated carbocycles. The number of nitrogens with one attached hydrogen (secondary N) is 1. The zero-order valence-electron chi connectivity index (χ0n) is 15.5. The van der Waals surface area contributed by atoms with Crippen molar-refractivity contribution in [3.8, 4) is 11.1 Å². The number of hydrogen-bond donors (Lipinski definition) is 1. The van der Waals surface area contributed by atoms with E-state index in [4.69, 9.17) is 0 Å². The third-order valence-electron chi connectivity index (χ3n) is 5.32. The SMILES string of the molecule is CC(Cn1cncn1)C(=O)N1CCC(c2[nH]ncc2-c2ccccc2)CC1. The Morgan fingerprint density at radius 3 is 2.74 bits per heavy atom. The molecule has 1 aliphatic heterocycles. The van der Waals surface area contributed by atoms with Crippen LogP contribution in [-0.2, 0) is 11.3 Å². The zero-order chi connectivity index (χ0) is 18.6. The molecule has 140 valence electrons. The first-order chi connectivity index (χ1) is 13.2. The van der Waals surface area contributed by atoms with E-state index in [-0.39, 0.29) is 11.8 Å². The number of likely N-dealkylation sites (tertiary alicyclic amines) is 1. The average Bonchev–Trinajstić information content (AvgIpc) is 3.40. The summed E-state index contributed by atoms with van der Waals surface area (Å²) in [5.41, 5.74) is 3.53. The van der Waals surface area contributed by atoms with Crippen molar-refractivity contribution >= 4 is 5.91 Å². The molecule has 1 saturated heterocycles. The average molecular weight is 364 g/mol. The molecule has 7 heteroatoms. The lowest BCUT2D eigenvalue weighted by Crippen LogP contribution is -2.41. The predicted molar refractivity (Wildman–Crippen MR) is 102 cm³/mol. The highest BCUT2D eigenvalue weighted by Gasteiger charge is 2.28. The van der Waals surface area contributed by atoms with Crippen LogP contribution < -0.4 is 0 Å². The monoisotopic (exact) mass is 364 g/mol. The van der Waals surface area contributed by atoms with Gasteiger partial charge in [0.1, 0.15) is 12.7 Å². The summed E-state index contributed by atoms with van der Waals surface area (Å²) in [6.45, 7) is 4.08. The van der Waals surface area contributed by atoms with E-state index in [1.165, 1.54) is 23.1 Å². The Bertz CT molecular complexity index is 865. The summed E-state index contributed by atoms with van der Waals surface area (Å²) >= 11 is 0. The van der Waals surface area contributed by atoms with Crippen LogP contribution in [0.25, 0.3) is 11.1 Å². The van der Waals surface area contributed by atoms with Crippen LogP contribution in [-0.4, -0.2) is 48.9 Å². The van der Waals surface area contributed by atoms with Gasteiger partial charge in [0.25, 0.3) is 0 Å². The number of rotatable bonds is 5. The smallest absolute Gasteiger partial charge is 0.227 e. The fraction of sp³-hybridized carbons (Fsp3) is 0.400. The van der Waals surface area contributed by atoms with Crippen molar-refractivity contribution in [1.82, 2.24) is 29.9 Å². The van der Waals surface area contributed by atoms with E-state index in [0.717, 1.165) is 25.9 Å². The number of carbonyl (C=O) groups excluding carboxylic acids is 1. The quantitative estimate of drug-likeness (QED) is 0.755. The number of aromatic amines is 1. The number of amides is 1. The first-order valence-electron chi connectivity index (χ1n) is 9.42. The van der Waals surface area contributed by atoms with Gasteiger partial charge in [-0.15, -0.1) is 0 Å². The van der Waals surface area contributed by atoms with Gasteiger partial charge in [0.15, 0.2) is 0 Å². The molecule has 27 heavy (non-hydrogen) atoms. The number of nitrogens with zero attached hydrogens (tertiary/aromatic N) is 5. The van der Waals surface area contributed by atoms with Crippen molar-refractivity contribution < 1.29 is 4.79 Å². The minimum absolute atomic E-state index is 0.102. The van der Waals surface area contributed by atoms with Gasteiger partial charge >= 0.3 is 0 Å². The first-order valence-corrected chi connectivity index (χ1v) is 9.42. The fourth-order valence-electron chi connectivity index (χ4n) is 3.84. The Morgan fingerprint density at radius 1 is 1.26 bits per heavy atom. The number of hydrogen-bond acceptors (Lipinski definition) is 4. The van der Waals surface area contributed by atoms with Gasteiger partial charge < -0.3 is 4.90 Å². The number of carbonyl (C=O) groups is 1. The lowest BCUT2D eigenvalue weighted by molar-refractivity contribution is -0.136. The van der Waals surface area contributed by atoms with Gasteiger partial charge in [-0.05, 0) is 18.4 Å². The van der Waals surface area contributed by atoms with Gasteiger partial charge in [-0.3, -0.25) is 14.6 Å². The number of piperidine rings is 1. The molecule has 1 amide bonds. The Balaban J connectivity index is 1.38. The first kappa shape index (κ1) is 17.5. The van der Waals surface area contributed by atoms with Crippen LogP contribution >= 0.6 is 0 Å². The molecule has 7 nitrogen and oxygen atoms in total. The van der Waals surface area contributed by atoms with Crippen LogP contribution in [0.4, 0.5) is 0 Å². The van der Waals surface area contributed by atoms with Gasteiger partial charge in [-0.1, -0.05) is 37.3 Å². The van der Waals surface area contributed by atoms with E-state index in [0.29, 0.717) is 12.5 Å². The maximum atomic E-state index is 12.8. The maximum Gasteiger partial charge on any atom is 0.227 e. The predicted octanol–water partition coefficient (Wildman–Crippen LogP) is 2.71. The molecule has 2 aromatic heterocycles. The van der Waals surface area contributed by atoms with Crippen LogP contribution in [0, 0.1) is 5.92 Å². The van der Waals surface area contributed by atoms with E-state index in [1.54, 1.807) is 11.0 Å². The zero-order valence-corrected chi connectivity index (χ0v) is 15.5. The lowest BCUT2D eigenvalue weighted by Gasteiger charge is -2.33. The molecule has 4 rings (SSSR count). The third kappa shape index (κ3) is 3.77. The van der Waals surface area contributed by atoms with E-state index in [9.17, 15) is 4.79 Å². The molecule has 3 aromatic rings. The fourth-order valence-corrected chi connectivity index (χ4v) is 3.84. The van der Waals surface area contributed by atoms with E-state index < -0.39 is 0 Å². The molecular weight excluding hydrogens is 340 g/mol. The van der Waals surface area contributed by atoms with Crippen molar-refractivity contribution in [2.75, 3.05) is 13.1 Å². The molecule has 0 spiro atoms. The van der Waals surface area contributed by atoms with Gasteiger partial charge in [0, 0.05) is 30.3 Å². The van der Waals surface area contributed by atoms with Crippen molar-refractivity contribution in [1.29, 1.82) is 0 Å². The molecule has 1 aromatic carbocycles. The topological polar surface area (TPSA) is 79.7 Å². The highest BCUT2D eigenvalue weighted by atomic mass is 16.2. The Morgan fingerprint density at radius 2 is 2.04 bits per heavy atom. The normalized spacial score (nSPS) is 16.4. The molecule has 0 bridgehead atoms. The summed E-state index contributed by atoms with van der Waals surface area (Å²) in [5, 5.41) is 11.6. The summed E-state index contributed by atoms with van der Waals surface area (Å²) in [6, 6.07) is 10.3. The maximum absolute atomic E-state index is 12.8. The molecule has 1 unspecified atom stereocenters. The number of aromatic nitrogens is 5. The molecule has 1 fully saturated rings. The number of H-pyrrole nitrogens is 1. The minimum atomic E-state index is -0.102. The van der Waals surface area contributed by atoms with Crippen LogP contribution in [0.3, 0.4) is 0 Å². The van der Waals surface area contributed by atoms with Crippen LogP contribution in [0.2, 0.25) is 0 Å². The van der Waals surface area contributed by atoms with Gasteiger partial charge in [0.05, 0.1) is 18.7 Å². The van der Waals surface area contributed by atoms with Crippen LogP contribution in [0.1, 0.15) is 31.4 Å². The van der Waals surface area contributed by atoms with E-state index in [2.05, 4.69) is 32.4 Å². The minimum Gasteiger partial charge on any atom is -0.342 e. The summed E-state index contributed by atoms with van der Waals surface area (Å²) in [4.78, 5) is 18.7. The van der Waals surface area contributed by atoms with Crippen molar-refractivity contribution in [3.05, 3.63) is 54.9 Å². The van der Waals surface area contributed by atoms with Crippen molar-refractivity contribution in [2.45, 2.75) is 32.2 Å². The van der Waals surface area contributed by atoms with Crippen molar-refractivity contribution in [2.24, 2.45) is 5.92 Å². The summed E-state index contributed by atoms with van der Waals surface area (Å²) in [5.74, 6) is 0.490. The Hall–Kier alpha value is -2.96. The molecule has 0 radical (unpaired) electrons. The summed E-state index contributed by atoms with van der Waals surface area (Å²) < 4.78 is 1.71. The highest BCUT2D eigenvalue weighted by Crippen LogP contribution is 2.34. The summed E-state index contributed by atoms with van der Waals surface area (Å²) in [7, 11) is 0. The van der Waals surface area contributed by atoms with E-state index in [1.807, 2.05) is 36.2 Å². The van der Waals surface area contributed by atoms with Gasteiger partial charge in [0.2, 0.25) is 5.91 Å². The molecule has 3 heterocycles. The molecule has 1 atom stereocenters. The largest absolute Gasteiger partial charge is 0.342 e. The Kier molecular flexibility index (Phi) is 5.00. The highest BCUT2D eigenvalue weighted by molar-refractivity contribution is 5.78. The van der Waals surface area contributed by atoms with Gasteiger partial charge in [-0.2, -0.15) is 10.2 Å². The second kappa shape index (κ2) is 7.73. The third-order valence-corrected chi connectivity index (χ3v) is 5.32. The second-order valence-corrected chi connectivity index (χ2v) is 7.18. The van der Waals surface area contributed by atoms with E-state index >= 15 is 0 Å². The second-order valence-electron chi connectivity index (χ2n) is 7.18. The Labute approximate surface area is 158 Å². The lowest BCUT2D eigenvalue weighted by atomic mass is 9.89. The van der Waals surface area contributed by atoms with Crippen molar-refractivity contribution in [3.63, 3.8) is 0 Å². The standard InChI is InChI=1S/C20H24N6O/c1-15(12-26-14-21-13-23-26)20(27)25-9-7-17(8-10-25)19-18(11-22-24-19)16-5-3-2-4-6-16/h2-6,11,13-15,17H,7-10,12H2,1H3,(H,22,24). The molecule has 0 aliphatic carbocycles. The molecular formula is C20H24N6O.